The van der Waals surface area contributed by atoms with Crippen LogP contribution in [0.15, 0.2) is 53.4 Å². The van der Waals surface area contributed by atoms with Crippen LogP contribution >= 0.6 is 11.8 Å². The highest BCUT2D eigenvalue weighted by Crippen LogP contribution is 2.26. The standard InChI is InChI=1S/C22H28N2OS/c1-18-9-11-20(12-10-18)26-17-13-22(25)23-14-5-16-24-15-4-7-19-6-2-3-8-21(19)24/h2-3,6,8-12H,4-5,7,13-17H2,1H3,(H,23,25). The van der Waals surface area contributed by atoms with E-state index in [-0.39, 0.29) is 5.91 Å². The van der Waals surface area contributed by atoms with E-state index in [1.54, 1.807) is 11.8 Å². The smallest absolute Gasteiger partial charge is 0.220 e. The molecule has 1 amide bonds. The van der Waals surface area contributed by atoms with Gasteiger partial charge in [0.2, 0.25) is 5.91 Å². The number of anilines is 1. The van der Waals surface area contributed by atoms with Gasteiger partial charge in [0.1, 0.15) is 0 Å². The number of carbonyl (C=O) groups is 1. The highest BCUT2D eigenvalue weighted by molar-refractivity contribution is 7.99. The molecule has 138 valence electrons. The number of aryl methyl sites for hydroxylation is 2. The van der Waals surface area contributed by atoms with E-state index in [4.69, 9.17) is 0 Å². The summed E-state index contributed by atoms with van der Waals surface area (Å²) >= 11 is 1.74. The Morgan fingerprint density at radius 2 is 1.96 bits per heavy atom. The number of amides is 1. The molecule has 3 rings (SSSR count). The maximum atomic E-state index is 12.0. The molecule has 1 aliphatic heterocycles. The molecule has 2 aromatic rings. The molecule has 0 saturated carbocycles. The minimum Gasteiger partial charge on any atom is -0.371 e. The van der Waals surface area contributed by atoms with Crippen molar-refractivity contribution in [2.45, 2.75) is 37.5 Å². The fraction of sp³-hybridized carbons (Fsp3) is 0.409. The minimum absolute atomic E-state index is 0.156. The van der Waals surface area contributed by atoms with Crippen LogP contribution in [0.3, 0.4) is 0 Å². The summed E-state index contributed by atoms with van der Waals surface area (Å²) in [6.45, 7) is 4.98. The molecule has 26 heavy (non-hydrogen) atoms. The van der Waals surface area contributed by atoms with Gasteiger partial charge in [-0.1, -0.05) is 35.9 Å². The number of nitrogens with zero attached hydrogens (tertiary/aromatic N) is 1. The average molecular weight is 369 g/mol. The predicted octanol–water partition coefficient (Wildman–Crippen LogP) is 4.44. The maximum absolute atomic E-state index is 12.0. The zero-order chi connectivity index (χ0) is 18.2. The second-order valence-corrected chi connectivity index (χ2v) is 8.00. The predicted molar refractivity (Wildman–Crippen MR) is 111 cm³/mol. The Morgan fingerprint density at radius 1 is 1.15 bits per heavy atom. The lowest BCUT2D eigenvalue weighted by Gasteiger charge is -2.31. The van der Waals surface area contributed by atoms with Gasteiger partial charge in [0.05, 0.1) is 0 Å². The van der Waals surface area contributed by atoms with Gasteiger partial charge >= 0.3 is 0 Å². The molecule has 1 aliphatic rings. The maximum Gasteiger partial charge on any atom is 0.220 e. The average Bonchev–Trinajstić information content (AvgIpc) is 2.67. The molecule has 0 saturated heterocycles. The summed E-state index contributed by atoms with van der Waals surface area (Å²) in [6.07, 6.45) is 3.97. The van der Waals surface area contributed by atoms with Crippen LogP contribution in [0, 0.1) is 6.92 Å². The van der Waals surface area contributed by atoms with Gasteiger partial charge in [-0.3, -0.25) is 4.79 Å². The highest BCUT2D eigenvalue weighted by atomic mass is 32.2. The monoisotopic (exact) mass is 368 g/mol. The number of nitrogens with one attached hydrogen (secondary N) is 1. The summed E-state index contributed by atoms with van der Waals surface area (Å²) < 4.78 is 0. The molecule has 0 aliphatic carbocycles. The Labute approximate surface area is 161 Å². The molecule has 0 unspecified atom stereocenters. The van der Waals surface area contributed by atoms with Gasteiger partial charge in [-0.05, 0) is 49.9 Å². The lowest BCUT2D eigenvalue weighted by molar-refractivity contribution is -0.120. The van der Waals surface area contributed by atoms with Crippen LogP contribution in [-0.4, -0.2) is 31.3 Å². The molecule has 0 radical (unpaired) electrons. The number of hydrogen-bond acceptors (Lipinski definition) is 3. The first-order valence-electron chi connectivity index (χ1n) is 9.51. The Bertz CT molecular complexity index is 714. The summed E-state index contributed by atoms with van der Waals surface area (Å²) in [7, 11) is 0. The molecule has 0 atom stereocenters. The van der Waals surface area contributed by atoms with E-state index in [9.17, 15) is 4.79 Å². The van der Waals surface area contributed by atoms with Crippen molar-refractivity contribution in [3.8, 4) is 0 Å². The van der Waals surface area contributed by atoms with Crippen molar-refractivity contribution in [1.82, 2.24) is 5.32 Å². The number of fused-ring (bicyclic) bond motifs is 1. The summed E-state index contributed by atoms with van der Waals surface area (Å²) in [5.41, 5.74) is 4.10. The number of rotatable bonds is 8. The Morgan fingerprint density at radius 3 is 2.81 bits per heavy atom. The van der Waals surface area contributed by atoms with Crippen LogP contribution in [-0.2, 0) is 11.2 Å². The molecule has 3 nitrogen and oxygen atoms in total. The molecule has 2 aromatic carbocycles. The molecule has 1 N–H and O–H groups in total. The zero-order valence-corrected chi connectivity index (χ0v) is 16.4. The van der Waals surface area contributed by atoms with Crippen molar-refractivity contribution in [3.63, 3.8) is 0 Å². The second kappa shape index (κ2) is 9.67. The van der Waals surface area contributed by atoms with Crippen molar-refractivity contribution >= 4 is 23.4 Å². The quantitative estimate of drug-likeness (QED) is 0.552. The van der Waals surface area contributed by atoms with Gasteiger partial charge in [0, 0.05) is 42.4 Å². The Hall–Kier alpha value is -1.94. The van der Waals surface area contributed by atoms with E-state index in [0.717, 1.165) is 31.8 Å². The summed E-state index contributed by atoms with van der Waals surface area (Å²) in [5, 5.41) is 3.06. The van der Waals surface area contributed by atoms with Crippen LogP contribution in [0.4, 0.5) is 5.69 Å². The van der Waals surface area contributed by atoms with E-state index >= 15 is 0 Å². The summed E-state index contributed by atoms with van der Waals surface area (Å²) in [4.78, 5) is 15.7. The summed E-state index contributed by atoms with van der Waals surface area (Å²) in [6, 6.07) is 17.2. The third-order valence-corrected chi connectivity index (χ3v) is 5.77. The van der Waals surface area contributed by atoms with E-state index in [1.807, 2.05) is 0 Å². The highest BCUT2D eigenvalue weighted by Gasteiger charge is 2.15. The van der Waals surface area contributed by atoms with Crippen LogP contribution in [0.25, 0.3) is 0 Å². The lowest BCUT2D eigenvalue weighted by atomic mass is 10.0. The normalized spacial score (nSPS) is 13.3. The molecular formula is C22H28N2OS. The fourth-order valence-electron chi connectivity index (χ4n) is 3.33. The van der Waals surface area contributed by atoms with Crippen molar-refractivity contribution in [2.24, 2.45) is 0 Å². The Balaban J connectivity index is 1.31. The molecular weight excluding hydrogens is 340 g/mol. The van der Waals surface area contributed by atoms with Gasteiger partial charge < -0.3 is 10.2 Å². The number of thioether (sulfide) groups is 1. The van der Waals surface area contributed by atoms with E-state index < -0.39 is 0 Å². The van der Waals surface area contributed by atoms with Gasteiger partial charge in [-0.2, -0.15) is 0 Å². The van der Waals surface area contributed by atoms with Gasteiger partial charge in [0.15, 0.2) is 0 Å². The summed E-state index contributed by atoms with van der Waals surface area (Å²) in [5.74, 6) is 0.984. The minimum atomic E-state index is 0.156. The third-order valence-electron chi connectivity index (χ3n) is 4.75. The number of benzene rings is 2. The molecule has 4 heteroatoms. The SMILES string of the molecule is Cc1ccc(SCCC(=O)NCCCN2CCCc3ccccc32)cc1. The van der Waals surface area contributed by atoms with Crippen molar-refractivity contribution in [1.29, 1.82) is 0 Å². The van der Waals surface area contributed by atoms with Crippen LogP contribution in [0.5, 0.6) is 0 Å². The lowest BCUT2D eigenvalue weighted by Crippen LogP contribution is -2.33. The van der Waals surface area contributed by atoms with E-state index in [2.05, 4.69) is 65.7 Å². The number of carbonyl (C=O) groups excluding carboxylic acids is 1. The van der Waals surface area contributed by atoms with E-state index in [0.29, 0.717) is 6.42 Å². The second-order valence-electron chi connectivity index (χ2n) is 6.83. The first-order chi connectivity index (χ1) is 12.7. The molecule has 1 heterocycles. The van der Waals surface area contributed by atoms with Crippen LogP contribution in [0.1, 0.15) is 30.4 Å². The Kier molecular flexibility index (Phi) is 7.01. The fourth-order valence-corrected chi connectivity index (χ4v) is 4.18. The largest absolute Gasteiger partial charge is 0.371 e. The molecule has 0 bridgehead atoms. The first kappa shape index (κ1) is 18.8. The van der Waals surface area contributed by atoms with Crippen LogP contribution < -0.4 is 10.2 Å². The molecule has 0 spiro atoms. The van der Waals surface area contributed by atoms with Gasteiger partial charge in [0.25, 0.3) is 0 Å². The molecule has 0 fully saturated rings. The molecule has 0 aromatic heterocycles. The first-order valence-corrected chi connectivity index (χ1v) is 10.5. The van der Waals surface area contributed by atoms with Crippen molar-refractivity contribution < 1.29 is 4.79 Å². The topological polar surface area (TPSA) is 32.3 Å². The van der Waals surface area contributed by atoms with Crippen LogP contribution in [0.2, 0.25) is 0 Å². The third kappa shape index (κ3) is 5.53. The zero-order valence-electron chi connectivity index (χ0n) is 15.5. The van der Waals surface area contributed by atoms with Crippen molar-refractivity contribution in [3.05, 3.63) is 59.7 Å². The van der Waals surface area contributed by atoms with Gasteiger partial charge in [-0.25, -0.2) is 0 Å². The van der Waals surface area contributed by atoms with Gasteiger partial charge in [-0.15, -0.1) is 11.8 Å². The number of para-hydroxylation sites is 1. The number of hydrogen-bond donors (Lipinski definition) is 1. The van der Waals surface area contributed by atoms with Crippen molar-refractivity contribution in [2.75, 3.05) is 30.3 Å². The van der Waals surface area contributed by atoms with E-state index in [1.165, 1.54) is 34.6 Å².